The van der Waals surface area contributed by atoms with Crippen LogP contribution in [0.2, 0.25) is 5.02 Å². The number of ketones is 1. The fraction of sp³-hybridized carbons (Fsp3) is 0.0625. The van der Waals surface area contributed by atoms with E-state index in [2.05, 4.69) is 22.6 Å². The Morgan fingerprint density at radius 1 is 1.20 bits per heavy atom. The summed E-state index contributed by atoms with van der Waals surface area (Å²) >= 11 is 8.25. The molecule has 0 aliphatic carbocycles. The summed E-state index contributed by atoms with van der Waals surface area (Å²) in [7, 11) is 0. The lowest BCUT2D eigenvalue weighted by Gasteiger charge is -2.04. The number of halogens is 2. The summed E-state index contributed by atoms with van der Waals surface area (Å²) in [6.45, 7) is 1.98. The maximum Gasteiger partial charge on any atom is 0.229 e. The molecule has 2 aromatic carbocycles. The monoisotopic (exact) mass is 396 g/mol. The molecule has 0 amide bonds. The van der Waals surface area contributed by atoms with Gasteiger partial charge < -0.3 is 4.42 Å². The van der Waals surface area contributed by atoms with Crippen LogP contribution in [0.15, 0.2) is 46.9 Å². The van der Waals surface area contributed by atoms with Gasteiger partial charge in [0.2, 0.25) is 5.78 Å². The molecule has 0 unspecified atom stereocenters. The molecule has 1 heterocycles. The Labute approximate surface area is 134 Å². The molecule has 0 fully saturated rings. The Morgan fingerprint density at radius 2 is 1.95 bits per heavy atom. The number of carbonyl (C=O) groups is 1. The van der Waals surface area contributed by atoms with E-state index in [1.165, 1.54) is 0 Å². The zero-order valence-electron chi connectivity index (χ0n) is 10.6. The summed E-state index contributed by atoms with van der Waals surface area (Å²) in [5.74, 6) is 0.196. The number of para-hydroxylation sites is 1. The van der Waals surface area contributed by atoms with Gasteiger partial charge in [0.25, 0.3) is 0 Å². The van der Waals surface area contributed by atoms with Crippen LogP contribution in [-0.2, 0) is 0 Å². The van der Waals surface area contributed by atoms with Gasteiger partial charge in [-0.25, -0.2) is 0 Å². The highest BCUT2D eigenvalue weighted by Crippen LogP contribution is 2.28. The van der Waals surface area contributed by atoms with Crippen LogP contribution in [-0.4, -0.2) is 5.78 Å². The van der Waals surface area contributed by atoms with Crippen LogP contribution < -0.4 is 0 Å². The van der Waals surface area contributed by atoms with Crippen LogP contribution in [0.1, 0.15) is 21.7 Å². The predicted octanol–water partition coefficient (Wildman–Crippen LogP) is 5.23. The fourth-order valence-corrected chi connectivity index (χ4v) is 2.92. The first kappa shape index (κ1) is 13.6. The van der Waals surface area contributed by atoms with Gasteiger partial charge in [-0.15, -0.1) is 0 Å². The van der Waals surface area contributed by atoms with Crippen molar-refractivity contribution in [2.75, 3.05) is 0 Å². The van der Waals surface area contributed by atoms with Gasteiger partial charge in [0, 0.05) is 14.5 Å². The average Bonchev–Trinajstić information content (AvgIpc) is 2.87. The fourth-order valence-electron chi connectivity index (χ4n) is 2.09. The van der Waals surface area contributed by atoms with Gasteiger partial charge in [0.05, 0.1) is 5.02 Å². The predicted molar refractivity (Wildman–Crippen MR) is 88.6 cm³/mol. The van der Waals surface area contributed by atoms with Gasteiger partial charge in [-0.2, -0.15) is 0 Å². The van der Waals surface area contributed by atoms with Crippen molar-refractivity contribution >= 4 is 50.9 Å². The minimum atomic E-state index is -0.120. The molecule has 0 N–H and O–H groups in total. The molecule has 4 heteroatoms. The molecule has 0 atom stereocenters. The van der Waals surface area contributed by atoms with E-state index in [-0.39, 0.29) is 5.78 Å². The zero-order chi connectivity index (χ0) is 14.3. The van der Waals surface area contributed by atoms with Crippen LogP contribution in [0.25, 0.3) is 11.0 Å². The van der Waals surface area contributed by atoms with Crippen LogP contribution in [0.4, 0.5) is 0 Å². The second-order valence-corrected chi connectivity index (χ2v) is 6.02. The Hall–Kier alpha value is -1.33. The Bertz CT molecular complexity index is 820. The number of furan rings is 1. The van der Waals surface area contributed by atoms with Crippen molar-refractivity contribution in [3.8, 4) is 0 Å². The van der Waals surface area contributed by atoms with Crippen molar-refractivity contribution in [3.63, 3.8) is 0 Å². The second kappa shape index (κ2) is 5.22. The Morgan fingerprint density at radius 3 is 2.70 bits per heavy atom. The third kappa shape index (κ3) is 2.25. The molecule has 0 aliphatic heterocycles. The topological polar surface area (TPSA) is 30.2 Å². The van der Waals surface area contributed by atoms with E-state index in [1.807, 2.05) is 37.3 Å². The third-order valence-corrected chi connectivity index (χ3v) is 4.89. The number of rotatable bonds is 2. The van der Waals surface area contributed by atoms with Crippen LogP contribution in [0.5, 0.6) is 0 Å². The summed E-state index contributed by atoms with van der Waals surface area (Å²) in [4.78, 5) is 12.6. The number of hydrogen-bond acceptors (Lipinski definition) is 2. The molecular weight excluding hydrogens is 387 g/mol. The van der Waals surface area contributed by atoms with E-state index in [0.717, 1.165) is 14.5 Å². The number of carbonyl (C=O) groups excluding carboxylic acids is 1. The largest absolute Gasteiger partial charge is 0.451 e. The smallest absolute Gasteiger partial charge is 0.229 e. The number of aryl methyl sites for hydroxylation is 1. The summed E-state index contributed by atoms with van der Waals surface area (Å²) in [5, 5.41) is 1.35. The maximum atomic E-state index is 12.6. The highest BCUT2D eigenvalue weighted by molar-refractivity contribution is 14.1. The minimum absolute atomic E-state index is 0.120. The quantitative estimate of drug-likeness (QED) is 0.438. The van der Waals surface area contributed by atoms with Crippen molar-refractivity contribution in [2.45, 2.75) is 6.92 Å². The molecule has 100 valence electrons. The SMILES string of the molecule is Cc1cccc(C(=O)c2cc3cccc(Cl)c3o2)c1I. The van der Waals surface area contributed by atoms with E-state index >= 15 is 0 Å². The number of benzene rings is 2. The first-order chi connectivity index (χ1) is 9.58. The van der Waals surface area contributed by atoms with Crippen LogP contribution >= 0.6 is 34.2 Å². The van der Waals surface area contributed by atoms with Crippen LogP contribution in [0.3, 0.4) is 0 Å². The first-order valence-electron chi connectivity index (χ1n) is 6.06. The Kier molecular flexibility index (Phi) is 3.56. The highest BCUT2D eigenvalue weighted by atomic mass is 127. The van der Waals surface area contributed by atoms with E-state index in [1.54, 1.807) is 12.1 Å². The molecule has 0 saturated carbocycles. The molecule has 0 aliphatic rings. The molecule has 0 bridgehead atoms. The van der Waals surface area contributed by atoms with Gasteiger partial charge in [-0.05, 0) is 53.3 Å². The van der Waals surface area contributed by atoms with Gasteiger partial charge in [-0.3, -0.25) is 4.79 Å². The standard InChI is InChI=1S/C16H10ClIO2/c1-9-4-2-6-11(14(9)18)15(19)13-8-10-5-3-7-12(17)16(10)20-13/h2-8H,1H3. The van der Waals surface area contributed by atoms with E-state index in [0.29, 0.717) is 21.9 Å². The summed E-state index contributed by atoms with van der Waals surface area (Å²) in [6, 6.07) is 12.9. The van der Waals surface area contributed by atoms with Crippen molar-refractivity contribution in [1.29, 1.82) is 0 Å². The van der Waals surface area contributed by atoms with Crippen molar-refractivity contribution in [3.05, 3.63) is 67.9 Å². The molecule has 0 spiro atoms. The molecular formula is C16H10ClIO2. The molecule has 3 rings (SSSR count). The van der Waals surface area contributed by atoms with Crippen molar-refractivity contribution in [1.82, 2.24) is 0 Å². The first-order valence-corrected chi connectivity index (χ1v) is 7.51. The molecule has 2 nitrogen and oxygen atoms in total. The normalized spacial score (nSPS) is 10.9. The molecule has 0 radical (unpaired) electrons. The lowest BCUT2D eigenvalue weighted by Crippen LogP contribution is -2.03. The van der Waals surface area contributed by atoms with E-state index in [4.69, 9.17) is 16.0 Å². The number of hydrogen-bond donors (Lipinski definition) is 0. The third-order valence-electron chi connectivity index (χ3n) is 3.16. The lowest BCUT2D eigenvalue weighted by molar-refractivity contribution is 0.101. The molecule has 3 aromatic rings. The van der Waals surface area contributed by atoms with Crippen molar-refractivity contribution < 1.29 is 9.21 Å². The lowest BCUT2D eigenvalue weighted by atomic mass is 10.1. The zero-order valence-corrected chi connectivity index (χ0v) is 13.5. The summed E-state index contributed by atoms with van der Waals surface area (Å²) in [5.41, 5.74) is 2.28. The van der Waals surface area contributed by atoms with Crippen molar-refractivity contribution in [2.24, 2.45) is 0 Å². The molecule has 0 saturated heterocycles. The summed E-state index contributed by atoms with van der Waals surface area (Å²) in [6.07, 6.45) is 0. The van der Waals surface area contributed by atoms with Gasteiger partial charge in [0.15, 0.2) is 11.3 Å². The highest BCUT2D eigenvalue weighted by Gasteiger charge is 2.18. The van der Waals surface area contributed by atoms with Gasteiger partial charge >= 0.3 is 0 Å². The van der Waals surface area contributed by atoms with E-state index in [9.17, 15) is 4.79 Å². The molecule has 20 heavy (non-hydrogen) atoms. The van der Waals surface area contributed by atoms with Gasteiger partial charge in [0.1, 0.15) is 0 Å². The second-order valence-electron chi connectivity index (χ2n) is 4.53. The average molecular weight is 397 g/mol. The van der Waals surface area contributed by atoms with Crippen LogP contribution in [0, 0.1) is 10.5 Å². The minimum Gasteiger partial charge on any atom is -0.451 e. The van der Waals surface area contributed by atoms with E-state index < -0.39 is 0 Å². The summed E-state index contributed by atoms with van der Waals surface area (Å²) < 4.78 is 6.57. The number of fused-ring (bicyclic) bond motifs is 1. The molecule has 1 aromatic heterocycles. The Balaban J connectivity index is 2.13. The maximum absolute atomic E-state index is 12.6. The van der Waals surface area contributed by atoms with Gasteiger partial charge in [-0.1, -0.05) is 35.9 Å².